The van der Waals surface area contributed by atoms with Crippen molar-refractivity contribution >= 4 is 28.6 Å². The topological polar surface area (TPSA) is 74.8 Å². The maximum atomic E-state index is 13.1. The van der Waals surface area contributed by atoms with Gasteiger partial charge in [-0.2, -0.15) is 0 Å². The van der Waals surface area contributed by atoms with Crippen molar-refractivity contribution < 1.29 is 9.18 Å². The Morgan fingerprint density at radius 2 is 2.29 bits per heavy atom. The van der Waals surface area contributed by atoms with E-state index in [1.54, 1.807) is 6.92 Å². The molecule has 7 heteroatoms. The van der Waals surface area contributed by atoms with Gasteiger partial charge < -0.3 is 10.3 Å². The fourth-order valence-corrected chi connectivity index (χ4v) is 2.73. The summed E-state index contributed by atoms with van der Waals surface area (Å²) in [5, 5.41) is 3.11. The number of H-pyrrole nitrogens is 1. The van der Waals surface area contributed by atoms with E-state index < -0.39 is 11.4 Å². The molecule has 1 saturated carbocycles. The summed E-state index contributed by atoms with van der Waals surface area (Å²) in [6.45, 7) is 1.76. The molecule has 0 saturated heterocycles. The molecule has 0 spiro atoms. The van der Waals surface area contributed by atoms with Gasteiger partial charge in [0.25, 0.3) is 5.56 Å². The second-order valence-electron chi connectivity index (χ2n) is 5.08. The molecule has 1 aromatic carbocycles. The molecule has 3 rings (SSSR count). The van der Waals surface area contributed by atoms with Gasteiger partial charge in [0.2, 0.25) is 5.91 Å². The summed E-state index contributed by atoms with van der Waals surface area (Å²) in [7, 11) is 0. The third-order valence-corrected chi connectivity index (χ3v) is 4.21. The molecule has 0 radical (unpaired) electrons. The highest BCUT2D eigenvalue weighted by Gasteiger charge is 2.26. The second kappa shape index (κ2) is 5.48. The highest BCUT2D eigenvalue weighted by atomic mass is 32.2. The van der Waals surface area contributed by atoms with Crippen molar-refractivity contribution in [1.29, 1.82) is 0 Å². The van der Waals surface area contributed by atoms with Gasteiger partial charge in [-0.25, -0.2) is 9.37 Å². The molecular weight excluding hydrogens is 293 g/mol. The Hall–Kier alpha value is -1.89. The number of amides is 1. The number of thioether (sulfide) groups is 1. The second-order valence-corrected chi connectivity index (χ2v) is 6.41. The molecule has 1 atom stereocenters. The maximum absolute atomic E-state index is 13.1. The number of hydrogen-bond acceptors (Lipinski definition) is 4. The minimum atomic E-state index is -0.479. The van der Waals surface area contributed by atoms with Gasteiger partial charge in [0.15, 0.2) is 5.16 Å². The molecule has 0 bridgehead atoms. The molecule has 1 aliphatic rings. The van der Waals surface area contributed by atoms with Crippen molar-refractivity contribution in [2.24, 2.45) is 0 Å². The van der Waals surface area contributed by atoms with E-state index in [4.69, 9.17) is 0 Å². The van der Waals surface area contributed by atoms with Crippen LogP contribution in [-0.2, 0) is 4.79 Å². The first-order valence-corrected chi connectivity index (χ1v) is 7.57. The van der Waals surface area contributed by atoms with E-state index in [0.29, 0.717) is 16.7 Å². The summed E-state index contributed by atoms with van der Waals surface area (Å²) in [4.78, 5) is 30.6. The SMILES string of the molecule is C[C@H](Sc1nc2ccc(F)cc2c(=O)[nH]1)C(=O)NC1CC1. The first-order chi connectivity index (χ1) is 10.0. The van der Waals surface area contributed by atoms with Crippen molar-refractivity contribution in [3.8, 4) is 0 Å². The minimum absolute atomic E-state index is 0.0654. The normalized spacial score (nSPS) is 15.9. The van der Waals surface area contributed by atoms with Crippen LogP contribution in [0, 0.1) is 5.82 Å². The number of hydrogen-bond donors (Lipinski definition) is 2. The smallest absolute Gasteiger partial charge is 0.259 e. The van der Waals surface area contributed by atoms with E-state index in [-0.39, 0.29) is 16.5 Å². The summed E-state index contributed by atoms with van der Waals surface area (Å²) in [5.41, 5.74) is 0.00857. The molecule has 21 heavy (non-hydrogen) atoms. The molecule has 2 aromatic rings. The van der Waals surface area contributed by atoms with Gasteiger partial charge >= 0.3 is 0 Å². The summed E-state index contributed by atoms with van der Waals surface area (Å²) >= 11 is 1.18. The van der Waals surface area contributed by atoms with Gasteiger partial charge in [0.05, 0.1) is 16.2 Å². The van der Waals surface area contributed by atoms with Crippen LogP contribution < -0.4 is 10.9 Å². The molecule has 1 heterocycles. The molecule has 2 N–H and O–H groups in total. The standard InChI is InChI=1S/C14H14FN3O2S/c1-7(12(19)16-9-3-4-9)21-14-17-11-5-2-8(15)6-10(11)13(20)18-14/h2,5-7,9H,3-4H2,1H3,(H,16,19)(H,17,18,20)/t7-/m0/s1. The number of halogens is 1. The van der Waals surface area contributed by atoms with Gasteiger partial charge in [-0.1, -0.05) is 11.8 Å². The molecule has 1 aromatic heterocycles. The highest BCUT2D eigenvalue weighted by Crippen LogP contribution is 2.23. The van der Waals surface area contributed by atoms with E-state index in [0.717, 1.165) is 18.9 Å². The Bertz CT molecular complexity index is 757. The van der Waals surface area contributed by atoms with E-state index in [1.807, 2.05) is 0 Å². The number of aromatic nitrogens is 2. The lowest BCUT2D eigenvalue weighted by Crippen LogP contribution is -2.32. The summed E-state index contributed by atoms with van der Waals surface area (Å²) in [6, 6.07) is 4.16. The van der Waals surface area contributed by atoms with Crippen LogP contribution in [-0.4, -0.2) is 27.2 Å². The molecule has 1 aliphatic carbocycles. The third kappa shape index (κ3) is 3.24. The van der Waals surface area contributed by atoms with Crippen molar-refractivity contribution in [2.45, 2.75) is 36.2 Å². The molecule has 1 amide bonds. The number of carbonyl (C=O) groups is 1. The van der Waals surface area contributed by atoms with Gasteiger partial charge in [0, 0.05) is 6.04 Å². The Morgan fingerprint density at radius 3 is 3.00 bits per heavy atom. The Balaban J connectivity index is 1.82. The number of nitrogens with one attached hydrogen (secondary N) is 2. The summed E-state index contributed by atoms with van der Waals surface area (Å²) in [6.07, 6.45) is 2.06. The van der Waals surface area contributed by atoms with Crippen molar-refractivity contribution in [2.75, 3.05) is 0 Å². The van der Waals surface area contributed by atoms with E-state index in [9.17, 15) is 14.0 Å². The summed E-state index contributed by atoms with van der Waals surface area (Å²) in [5.74, 6) is -0.545. The van der Waals surface area contributed by atoms with Crippen LogP contribution in [0.25, 0.3) is 10.9 Å². The Kier molecular flexibility index (Phi) is 3.67. The van der Waals surface area contributed by atoms with Crippen LogP contribution in [0.15, 0.2) is 28.2 Å². The molecular formula is C14H14FN3O2S. The Labute approximate surface area is 124 Å². The fraction of sp³-hybridized carbons (Fsp3) is 0.357. The summed E-state index contributed by atoms with van der Waals surface area (Å²) < 4.78 is 13.1. The predicted molar refractivity (Wildman–Crippen MR) is 78.8 cm³/mol. The lowest BCUT2D eigenvalue weighted by molar-refractivity contribution is -0.120. The van der Waals surface area contributed by atoms with Crippen LogP contribution in [0.3, 0.4) is 0 Å². The average molecular weight is 307 g/mol. The lowest BCUT2D eigenvalue weighted by Gasteiger charge is -2.10. The maximum Gasteiger partial charge on any atom is 0.259 e. The molecule has 110 valence electrons. The van der Waals surface area contributed by atoms with E-state index >= 15 is 0 Å². The number of nitrogens with zero attached hydrogens (tertiary/aromatic N) is 1. The average Bonchev–Trinajstić information content (AvgIpc) is 3.23. The van der Waals surface area contributed by atoms with Crippen molar-refractivity contribution in [3.63, 3.8) is 0 Å². The number of carbonyl (C=O) groups excluding carboxylic acids is 1. The zero-order valence-electron chi connectivity index (χ0n) is 11.4. The first kappa shape index (κ1) is 14.1. The number of benzene rings is 1. The third-order valence-electron chi connectivity index (χ3n) is 3.23. The molecule has 5 nitrogen and oxygen atoms in total. The first-order valence-electron chi connectivity index (χ1n) is 6.69. The number of fused-ring (bicyclic) bond motifs is 1. The van der Waals surface area contributed by atoms with E-state index in [2.05, 4.69) is 15.3 Å². The van der Waals surface area contributed by atoms with Gasteiger partial charge in [0.1, 0.15) is 5.82 Å². The number of aromatic amines is 1. The molecule has 0 aliphatic heterocycles. The van der Waals surface area contributed by atoms with Crippen LogP contribution >= 0.6 is 11.8 Å². The quantitative estimate of drug-likeness (QED) is 0.667. The minimum Gasteiger partial charge on any atom is -0.352 e. The lowest BCUT2D eigenvalue weighted by atomic mass is 10.2. The highest BCUT2D eigenvalue weighted by molar-refractivity contribution is 8.00. The van der Waals surface area contributed by atoms with Crippen LogP contribution in [0.2, 0.25) is 0 Å². The monoisotopic (exact) mass is 307 g/mol. The largest absolute Gasteiger partial charge is 0.352 e. The van der Waals surface area contributed by atoms with E-state index in [1.165, 1.54) is 23.9 Å². The fourth-order valence-electron chi connectivity index (χ4n) is 1.91. The van der Waals surface area contributed by atoms with Gasteiger partial charge in [-0.3, -0.25) is 9.59 Å². The zero-order chi connectivity index (χ0) is 15.0. The van der Waals surface area contributed by atoms with Crippen molar-refractivity contribution in [1.82, 2.24) is 15.3 Å². The molecule has 0 unspecified atom stereocenters. The van der Waals surface area contributed by atoms with Crippen LogP contribution in [0.4, 0.5) is 4.39 Å². The number of rotatable bonds is 4. The van der Waals surface area contributed by atoms with Crippen LogP contribution in [0.1, 0.15) is 19.8 Å². The Morgan fingerprint density at radius 1 is 1.52 bits per heavy atom. The van der Waals surface area contributed by atoms with Crippen LogP contribution in [0.5, 0.6) is 0 Å². The van der Waals surface area contributed by atoms with Gasteiger partial charge in [-0.15, -0.1) is 0 Å². The molecule has 1 fully saturated rings. The van der Waals surface area contributed by atoms with Gasteiger partial charge in [-0.05, 0) is 38.0 Å². The van der Waals surface area contributed by atoms with Crippen molar-refractivity contribution in [3.05, 3.63) is 34.4 Å². The zero-order valence-corrected chi connectivity index (χ0v) is 12.2. The predicted octanol–water partition coefficient (Wildman–Crippen LogP) is 1.82.